The number of carbonyl (C=O) groups is 1. The lowest BCUT2D eigenvalue weighted by Gasteiger charge is -2.24. The van der Waals surface area contributed by atoms with Crippen molar-refractivity contribution in [3.8, 4) is 5.75 Å². The van der Waals surface area contributed by atoms with E-state index in [1.54, 1.807) is 12.1 Å². The minimum absolute atomic E-state index is 0.0510. The Morgan fingerprint density at radius 1 is 1.10 bits per heavy atom. The third kappa shape index (κ3) is 3.18. The minimum Gasteiger partial charge on any atom is -0.508 e. The van der Waals surface area contributed by atoms with Crippen LogP contribution < -0.4 is 4.90 Å². The quantitative estimate of drug-likeness (QED) is 0.846. The number of anilines is 1. The average molecular weight is 269 g/mol. The zero-order valence-corrected chi connectivity index (χ0v) is 11.8. The highest BCUT2D eigenvalue weighted by Gasteiger charge is 2.13. The number of rotatable bonds is 5. The molecule has 0 bridgehead atoms. The molecule has 0 spiro atoms. The van der Waals surface area contributed by atoms with E-state index in [1.165, 1.54) is 12.1 Å². The van der Waals surface area contributed by atoms with Gasteiger partial charge >= 0.3 is 0 Å². The van der Waals surface area contributed by atoms with Crippen molar-refractivity contribution in [2.45, 2.75) is 13.8 Å². The molecular formula is C17H19NO2. The van der Waals surface area contributed by atoms with Crippen LogP contribution in [0.2, 0.25) is 0 Å². The smallest absolute Gasteiger partial charge is 0.182 e. The van der Waals surface area contributed by atoms with Crippen LogP contribution in [-0.4, -0.2) is 24.0 Å². The van der Waals surface area contributed by atoms with Crippen LogP contribution in [0.15, 0.2) is 48.5 Å². The molecule has 0 amide bonds. The monoisotopic (exact) mass is 269 g/mol. The topological polar surface area (TPSA) is 40.5 Å². The number of para-hydroxylation sites is 1. The van der Waals surface area contributed by atoms with Crippen molar-refractivity contribution >= 4 is 11.5 Å². The molecule has 0 aliphatic rings. The lowest BCUT2D eigenvalue weighted by molar-refractivity contribution is 0.0999. The highest BCUT2D eigenvalue weighted by molar-refractivity contribution is 5.99. The van der Waals surface area contributed by atoms with Gasteiger partial charge in [0.15, 0.2) is 5.78 Å². The normalized spacial score (nSPS) is 10.3. The molecule has 0 saturated heterocycles. The van der Waals surface area contributed by atoms with Gasteiger partial charge in [-0.2, -0.15) is 0 Å². The molecule has 0 aliphatic heterocycles. The molecule has 0 aliphatic carbocycles. The van der Waals surface area contributed by atoms with Gasteiger partial charge in [-0.15, -0.1) is 0 Å². The second-order valence-electron chi connectivity index (χ2n) is 4.77. The summed E-state index contributed by atoms with van der Waals surface area (Å²) in [7, 11) is 0. The molecule has 2 aromatic carbocycles. The van der Waals surface area contributed by atoms with E-state index in [-0.39, 0.29) is 11.5 Å². The lowest BCUT2D eigenvalue weighted by atomic mass is 10.1. The van der Waals surface area contributed by atoms with E-state index < -0.39 is 0 Å². The Bertz CT molecular complexity index is 590. The Balaban J connectivity index is 2.16. The summed E-state index contributed by atoms with van der Waals surface area (Å²) in [5, 5.41) is 9.26. The molecule has 3 heteroatoms. The summed E-state index contributed by atoms with van der Waals surface area (Å²) in [6.07, 6.45) is 0. The number of phenols is 1. The van der Waals surface area contributed by atoms with Crippen LogP contribution in [0.5, 0.6) is 5.75 Å². The average Bonchev–Trinajstić information content (AvgIpc) is 2.46. The van der Waals surface area contributed by atoms with Gasteiger partial charge in [0.2, 0.25) is 0 Å². The number of carbonyl (C=O) groups excluding carboxylic acids is 1. The first-order chi connectivity index (χ1) is 9.61. The van der Waals surface area contributed by atoms with Crippen molar-refractivity contribution < 1.29 is 9.90 Å². The number of Topliss-reactive ketones (excluding diaryl/α,β-unsaturated/α-hetero) is 1. The number of aromatic hydroxyl groups is 1. The summed E-state index contributed by atoms with van der Waals surface area (Å²) < 4.78 is 0. The van der Waals surface area contributed by atoms with Crippen molar-refractivity contribution in [3.63, 3.8) is 0 Å². The molecule has 20 heavy (non-hydrogen) atoms. The van der Waals surface area contributed by atoms with Crippen LogP contribution in [0, 0.1) is 6.92 Å². The molecule has 0 radical (unpaired) electrons. The minimum atomic E-state index is 0.0510. The van der Waals surface area contributed by atoms with E-state index in [9.17, 15) is 9.90 Å². The van der Waals surface area contributed by atoms with E-state index in [0.717, 1.165) is 17.8 Å². The fraction of sp³-hybridized carbons (Fsp3) is 0.235. The van der Waals surface area contributed by atoms with Crippen molar-refractivity contribution in [3.05, 3.63) is 59.7 Å². The molecule has 3 nitrogen and oxygen atoms in total. The summed E-state index contributed by atoms with van der Waals surface area (Å²) in [5.74, 6) is 0.225. The number of phenolic OH excluding ortho intramolecular Hbond substituents is 1. The summed E-state index contributed by atoms with van der Waals surface area (Å²) in [6, 6.07) is 14.4. The second-order valence-corrected chi connectivity index (χ2v) is 4.77. The van der Waals surface area contributed by atoms with Gasteiger partial charge in [-0.25, -0.2) is 0 Å². The Kier molecular flexibility index (Phi) is 4.41. The SMILES string of the molecule is CCN(CC(=O)c1ccc(O)cc1)c1ccccc1C. The van der Waals surface area contributed by atoms with Gasteiger partial charge in [-0.3, -0.25) is 4.79 Å². The maximum Gasteiger partial charge on any atom is 0.182 e. The first-order valence-electron chi connectivity index (χ1n) is 6.74. The van der Waals surface area contributed by atoms with E-state index in [1.807, 2.05) is 38.1 Å². The number of aryl methyl sites for hydroxylation is 1. The zero-order valence-electron chi connectivity index (χ0n) is 11.8. The molecule has 0 aromatic heterocycles. The third-order valence-corrected chi connectivity index (χ3v) is 3.36. The highest BCUT2D eigenvalue weighted by atomic mass is 16.3. The zero-order chi connectivity index (χ0) is 14.5. The van der Waals surface area contributed by atoms with Crippen LogP contribution in [0.4, 0.5) is 5.69 Å². The van der Waals surface area contributed by atoms with Gasteiger partial charge in [0, 0.05) is 17.8 Å². The first-order valence-corrected chi connectivity index (χ1v) is 6.74. The number of ketones is 1. The predicted octanol–water partition coefficient (Wildman–Crippen LogP) is 3.41. The van der Waals surface area contributed by atoms with Crippen LogP contribution in [0.3, 0.4) is 0 Å². The number of nitrogens with zero attached hydrogens (tertiary/aromatic N) is 1. The molecule has 104 valence electrons. The largest absolute Gasteiger partial charge is 0.508 e. The Morgan fingerprint density at radius 2 is 1.75 bits per heavy atom. The summed E-state index contributed by atoms with van der Waals surface area (Å²) in [5.41, 5.74) is 2.87. The summed E-state index contributed by atoms with van der Waals surface area (Å²) in [6.45, 7) is 5.19. The summed E-state index contributed by atoms with van der Waals surface area (Å²) in [4.78, 5) is 14.3. The van der Waals surface area contributed by atoms with E-state index >= 15 is 0 Å². The Morgan fingerprint density at radius 3 is 2.35 bits per heavy atom. The molecule has 0 unspecified atom stereocenters. The maximum atomic E-state index is 12.3. The van der Waals surface area contributed by atoms with Crippen molar-refractivity contribution in [2.75, 3.05) is 18.0 Å². The Labute approximate surface area is 119 Å². The van der Waals surface area contributed by atoms with E-state index in [4.69, 9.17) is 0 Å². The van der Waals surface area contributed by atoms with Crippen LogP contribution in [0.1, 0.15) is 22.8 Å². The van der Waals surface area contributed by atoms with Crippen molar-refractivity contribution in [1.82, 2.24) is 0 Å². The molecule has 0 heterocycles. The van der Waals surface area contributed by atoms with Gasteiger partial charge in [0.05, 0.1) is 6.54 Å². The lowest BCUT2D eigenvalue weighted by Crippen LogP contribution is -2.30. The van der Waals surface area contributed by atoms with Crippen molar-refractivity contribution in [1.29, 1.82) is 0 Å². The van der Waals surface area contributed by atoms with E-state index in [2.05, 4.69) is 4.90 Å². The fourth-order valence-electron chi connectivity index (χ4n) is 2.20. The van der Waals surface area contributed by atoms with E-state index in [0.29, 0.717) is 12.1 Å². The number of hydrogen-bond donors (Lipinski definition) is 1. The molecular weight excluding hydrogens is 250 g/mol. The van der Waals surface area contributed by atoms with Crippen molar-refractivity contribution in [2.24, 2.45) is 0 Å². The standard InChI is InChI=1S/C17H19NO2/c1-3-18(16-7-5-4-6-13(16)2)12-17(20)14-8-10-15(19)11-9-14/h4-11,19H,3,12H2,1-2H3. The number of hydrogen-bond acceptors (Lipinski definition) is 3. The van der Waals surface area contributed by atoms with Crippen LogP contribution in [-0.2, 0) is 0 Å². The molecule has 2 aromatic rings. The Hall–Kier alpha value is -2.29. The first kappa shape index (κ1) is 14.1. The fourth-order valence-corrected chi connectivity index (χ4v) is 2.20. The molecule has 0 saturated carbocycles. The maximum absolute atomic E-state index is 12.3. The van der Waals surface area contributed by atoms with Gasteiger partial charge in [0.25, 0.3) is 0 Å². The number of benzene rings is 2. The molecule has 0 atom stereocenters. The third-order valence-electron chi connectivity index (χ3n) is 3.36. The van der Waals surface area contributed by atoms with Gasteiger partial charge < -0.3 is 10.0 Å². The number of likely N-dealkylation sites (N-methyl/N-ethyl adjacent to an activating group) is 1. The summed E-state index contributed by atoms with van der Waals surface area (Å²) >= 11 is 0. The second kappa shape index (κ2) is 6.24. The molecule has 1 N–H and O–H groups in total. The highest BCUT2D eigenvalue weighted by Crippen LogP contribution is 2.20. The van der Waals surface area contributed by atoms with Crippen LogP contribution in [0.25, 0.3) is 0 Å². The van der Waals surface area contributed by atoms with Gasteiger partial charge in [-0.1, -0.05) is 18.2 Å². The van der Waals surface area contributed by atoms with Gasteiger partial charge in [0.1, 0.15) is 5.75 Å². The van der Waals surface area contributed by atoms with Gasteiger partial charge in [-0.05, 0) is 49.7 Å². The molecule has 2 rings (SSSR count). The molecule has 0 fully saturated rings. The van der Waals surface area contributed by atoms with Crippen LogP contribution >= 0.6 is 0 Å². The predicted molar refractivity (Wildman–Crippen MR) is 81.5 cm³/mol.